The molecular weight excluding hydrogens is 558 g/mol. The fraction of sp³-hybridized carbons (Fsp3) is 0.613. The highest BCUT2D eigenvalue weighted by Crippen LogP contribution is 2.33. The Bertz CT molecular complexity index is 1390. The number of hydrogen-bond donors (Lipinski definition) is 0. The molecule has 4 heterocycles. The van der Waals surface area contributed by atoms with Gasteiger partial charge in [-0.25, -0.2) is 13.8 Å². The van der Waals surface area contributed by atoms with Crippen LogP contribution in [-0.2, 0) is 14.3 Å². The van der Waals surface area contributed by atoms with Gasteiger partial charge in [0.25, 0.3) is 6.43 Å². The zero-order valence-electron chi connectivity index (χ0n) is 24.7. The Kier molecular flexibility index (Phi) is 9.44. The minimum absolute atomic E-state index is 0.0783. The maximum atomic E-state index is 14.2. The summed E-state index contributed by atoms with van der Waals surface area (Å²) in [5.74, 6) is 1.33. The zero-order chi connectivity index (χ0) is 29.8. The summed E-state index contributed by atoms with van der Waals surface area (Å²) in [5, 5.41) is 0. The first-order chi connectivity index (χ1) is 21.0. The Morgan fingerprint density at radius 1 is 1.05 bits per heavy atom. The maximum absolute atomic E-state index is 14.2. The van der Waals surface area contributed by atoms with Crippen molar-refractivity contribution in [1.82, 2.24) is 24.4 Å². The number of ether oxygens (including phenoxy) is 3. The number of morpholine rings is 1. The van der Waals surface area contributed by atoms with E-state index in [9.17, 15) is 13.6 Å². The lowest BCUT2D eigenvalue weighted by molar-refractivity contribution is -0.121. The van der Waals surface area contributed by atoms with Gasteiger partial charge in [0.2, 0.25) is 11.8 Å². The van der Waals surface area contributed by atoms with Crippen molar-refractivity contribution in [3.63, 3.8) is 0 Å². The number of benzene rings is 1. The molecule has 0 bridgehead atoms. The molecule has 232 valence electrons. The van der Waals surface area contributed by atoms with Crippen LogP contribution in [0.5, 0.6) is 5.88 Å². The molecule has 0 radical (unpaired) electrons. The molecule has 2 aliphatic heterocycles. The first kappa shape index (κ1) is 29.8. The molecule has 2 saturated heterocycles. The monoisotopic (exact) mass is 598 g/mol. The molecule has 0 unspecified atom stereocenters. The van der Waals surface area contributed by atoms with Crippen LogP contribution in [0.25, 0.3) is 16.9 Å². The van der Waals surface area contributed by atoms with Crippen LogP contribution in [-0.4, -0.2) is 95.5 Å². The summed E-state index contributed by atoms with van der Waals surface area (Å²) in [7, 11) is 1.71. The lowest BCUT2D eigenvalue weighted by atomic mass is 9.84. The number of carbonyl (C=O) groups is 1. The Balaban J connectivity index is 1.16. The number of fused-ring (bicyclic) bond motifs is 1. The largest absolute Gasteiger partial charge is 0.474 e. The van der Waals surface area contributed by atoms with Crippen LogP contribution in [0.4, 0.5) is 14.7 Å². The van der Waals surface area contributed by atoms with E-state index in [4.69, 9.17) is 24.2 Å². The first-order valence-corrected chi connectivity index (χ1v) is 15.4. The fourth-order valence-corrected chi connectivity index (χ4v) is 6.63. The average molecular weight is 599 g/mol. The Hall–Kier alpha value is -3.22. The van der Waals surface area contributed by atoms with E-state index in [0.29, 0.717) is 92.3 Å². The Morgan fingerprint density at radius 3 is 2.60 bits per heavy atom. The van der Waals surface area contributed by atoms with Crippen molar-refractivity contribution in [2.75, 3.05) is 58.0 Å². The molecule has 10 nitrogen and oxygen atoms in total. The normalized spacial score (nSPS) is 23.3. The summed E-state index contributed by atoms with van der Waals surface area (Å²) in [6.07, 6.45) is 3.32. The molecule has 0 N–H and O–H groups in total. The van der Waals surface area contributed by atoms with Gasteiger partial charge in [-0.15, -0.1) is 0 Å². The molecule has 3 aliphatic rings. The van der Waals surface area contributed by atoms with E-state index in [-0.39, 0.29) is 11.9 Å². The van der Waals surface area contributed by atoms with Gasteiger partial charge in [-0.2, -0.15) is 9.97 Å². The molecule has 1 atom stereocenters. The maximum Gasteiger partial charge on any atom is 0.296 e. The molecule has 3 fully saturated rings. The van der Waals surface area contributed by atoms with E-state index in [2.05, 4.69) is 9.88 Å². The number of imidazole rings is 1. The number of para-hydroxylation sites is 2. The minimum Gasteiger partial charge on any atom is -0.474 e. The molecule has 0 amide bonds. The quantitative estimate of drug-likeness (QED) is 0.314. The second-order valence-electron chi connectivity index (χ2n) is 11.8. The van der Waals surface area contributed by atoms with Crippen molar-refractivity contribution in [2.45, 2.75) is 63.5 Å². The van der Waals surface area contributed by atoms with Crippen LogP contribution in [0.1, 0.15) is 57.2 Å². The van der Waals surface area contributed by atoms with Gasteiger partial charge in [0.15, 0.2) is 5.82 Å². The Morgan fingerprint density at radius 2 is 1.84 bits per heavy atom. The number of anilines is 1. The van der Waals surface area contributed by atoms with Crippen molar-refractivity contribution >= 4 is 22.8 Å². The fourth-order valence-electron chi connectivity index (χ4n) is 6.63. The number of Topliss-reactive ketones (excluding diaryl/α,β-unsaturated/α-hetero) is 1. The van der Waals surface area contributed by atoms with Crippen LogP contribution >= 0.6 is 0 Å². The van der Waals surface area contributed by atoms with Crippen LogP contribution < -0.4 is 9.64 Å². The number of carbonyl (C=O) groups excluding carboxylic acids is 1. The van der Waals surface area contributed by atoms with Crippen LogP contribution in [0.2, 0.25) is 0 Å². The van der Waals surface area contributed by atoms with E-state index >= 15 is 0 Å². The van der Waals surface area contributed by atoms with Crippen molar-refractivity contribution in [2.24, 2.45) is 5.92 Å². The Labute approximate surface area is 250 Å². The third kappa shape index (κ3) is 6.97. The third-order valence-corrected chi connectivity index (χ3v) is 8.82. The predicted molar refractivity (Wildman–Crippen MR) is 157 cm³/mol. The number of alkyl halides is 2. The number of rotatable bonds is 11. The van der Waals surface area contributed by atoms with Crippen molar-refractivity contribution < 1.29 is 27.8 Å². The number of methoxy groups -OCH3 is 1. The molecule has 1 aromatic carbocycles. The summed E-state index contributed by atoms with van der Waals surface area (Å²) in [6.45, 7) is 4.40. The van der Waals surface area contributed by atoms with Crippen LogP contribution in [0, 0.1) is 5.92 Å². The highest BCUT2D eigenvalue weighted by molar-refractivity contribution is 5.80. The molecule has 2 aromatic heterocycles. The summed E-state index contributed by atoms with van der Waals surface area (Å²) in [4.78, 5) is 30.8. The number of aromatic nitrogens is 4. The van der Waals surface area contributed by atoms with Crippen LogP contribution in [0.15, 0.2) is 30.3 Å². The highest BCUT2D eigenvalue weighted by Gasteiger charge is 2.30. The van der Waals surface area contributed by atoms with E-state index in [1.54, 1.807) is 37.4 Å². The number of hydrogen-bond acceptors (Lipinski definition) is 9. The van der Waals surface area contributed by atoms with Gasteiger partial charge in [-0.05, 0) is 63.1 Å². The number of halogens is 2. The highest BCUT2D eigenvalue weighted by atomic mass is 19.3. The topological polar surface area (TPSA) is 94.8 Å². The molecular formula is C31H40F2N6O4. The van der Waals surface area contributed by atoms with Gasteiger partial charge in [0.1, 0.15) is 17.7 Å². The zero-order valence-corrected chi connectivity index (χ0v) is 24.7. The molecule has 1 saturated carbocycles. The summed E-state index contributed by atoms with van der Waals surface area (Å²) in [5.41, 5.74) is 1.02. The molecule has 12 heteroatoms. The summed E-state index contributed by atoms with van der Waals surface area (Å²) in [6, 6.07) is 9.02. The van der Waals surface area contributed by atoms with E-state index < -0.39 is 6.43 Å². The molecule has 6 rings (SSSR count). The van der Waals surface area contributed by atoms with Crippen LogP contribution in [0.3, 0.4) is 0 Å². The van der Waals surface area contributed by atoms with Gasteiger partial charge in [0.05, 0.1) is 37.4 Å². The van der Waals surface area contributed by atoms with Gasteiger partial charge < -0.3 is 19.1 Å². The average Bonchev–Trinajstić information content (AvgIpc) is 3.63. The predicted octanol–water partition coefficient (Wildman–Crippen LogP) is 4.60. The van der Waals surface area contributed by atoms with Gasteiger partial charge in [-0.1, -0.05) is 12.1 Å². The standard InChI is InChI=1S/C31H40F2N6O4/c1-41-20-22-5-4-12-38(22)19-23(40)17-21-8-10-24(11-9-21)43-28-18-27(35-31(36-28)37-13-15-42-16-14-37)39-26-7-3-2-6-25(26)34-30(39)29(32)33/h2-3,6-7,18,21-22,24,29H,4-5,8-17,19-20H2,1H3/t21?,22-,24?/m0/s1. The summed E-state index contributed by atoms with van der Waals surface area (Å²) >= 11 is 0. The smallest absolute Gasteiger partial charge is 0.296 e. The molecule has 3 aromatic rings. The minimum atomic E-state index is -2.78. The number of likely N-dealkylation sites (tertiary alicyclic amines) is 1. The van der Waals surface area contributed by atoms with Crippen molar-refractivity contribution in [3.05, 3.63) is 36.2 Å². The molecule has 43 heavy (non-hydrogen) atoms. The number of nitrogens with zero attached hydrogens (tertiary/aromatic N) is 6. The second-order valence-corrected chi connectivity index (χ2v) is 11.8. The first-order valence-electron chi connectivity index (χ1n) is 15.4. The van der Waals surface area contributed by atoms with E-state index in [1.165, 1.54) is 4.57 Å². The van der Waals surface area contributed by atoms with Gasteiger partial charge in [-0.3, -0.25) is 14.3 Å². The summed E-state index contributed by atoms with van der Waals surface area (Å²) < 4.78 is 46.9. The lowest BCUT2D eigenvalue weighted by Gasteiger charge is -2.30. The molecule has 1 aliphatic carbocycles. The van der Waals surface area contributed by atoms with Crippen molar-refractivity contribution in [3.8, 4) is 11.7 Å². The number of ketones is 1. The lowest BCUT2D eigenvalue weighted by Crippen LogP contribution is -2.38. The van der Waals surface area contributed by atoms with E-state index in [0.717, 1.165) is 45.1 Å². The van der Waals surface area contributed by atoms with Crippen molar-refractivity contribution in [1.29, 1.82) is 0 Å². The van der Waals surface area contributed by atoms with Gasteiger partial charge in [0, 0.05) is 38.7 Å². The second kappa shape index (κ2) is 13.6. The third-order valence-electron chi connectivity index (χ3n) is 8.82. The van der Waals surface area contributed by atoms with Gasteiger partial charge >= 0.3 is 0 Å². The molecule has 0 spiro atoms. The van der Waals surface area contributed by atoms with E-state index in [1.807, 2.05) is 4.90 Å². The SMILES string of the molecule is COC[C@@H]1CCCN1CC(=O)CC1CCC(Oc2cc(-n3c(C(F)F)nc4ccccc43)nc(N3CCOCC3)n2)CC1.